The van der Waals surface area contributed by atoms with Crippen LogP contribution >= 0.6 is 0 Å². The number of rotatable bonds is 2. The molecule has 2 aliphatic rings. The van der Waals surface area contributed by atoms with Crippen LogP contribution in [0.25, 0.3) is 11.0 Å². The Morgan fingerprint density at radius 1 is 1.20 bits per heavy atom. The van der Waals surface area contributed by atoms with Crippen molar-refractivity contribution in [3.05, 3.63) is 35.6 Å². The van der Waals surface area contributed by atoms with Gasteiger partial charge in [-0.1, -0.05) is 12.1 Å². The average molecular weight is 342 g/mol. The van der Waals surface area contributed by atoms with Gasteiger partial charge < -0.3 is 14.4 Å². The number of aliphatic hydroxyl groups is 1. The number of amides is 1. The van der Waals surface area contributed by atoms with E-state index in [0.29, 0.717) is 17.2 Å². The third-order valence-corrected chi connectivity index (χ3v) is 5.59. The van der Waals surface area contributed by atoms with E-state index in [1.807, 2.05) is 36.1 Å². The fraction of sp³-hybridized carbons (Fsp3) is 0.550. The summed E-state index contributed by atoms with van der Waals surface area (Å²) in [7, 11) is 0. The Morgan fingerprint density at radius 3 is 2.76 bits per heavy atom. The van der Waals surface area contributed by atoms with Gasteiger partial charge in [-0.2, -0.15) is 0 Å². The molecule has 0 bridgehead atoms. The maximum Gasteiger partial charge on any atom is 0.257 e. The summed E-state index contributed by atoms with van der Waals surface area (Å²) in [5.41, 5.74) is 1.36. The Bertz CT molecular complexity index is 761. The van der Waals surface area contributed by atoms with Crippen molar-refractivity contribution < 1.29 is 14.3 Å². The number of nitrogens with zero attached hydrogens (tertiary/aromatic N) is 2. The van der Waals surface area contributed by atoms with Crippen molar-refractivity contribution in [1.82, 2.24) is 9.80 Å². The van der Waals surface area contributed by atoms with Gasteiger partial charge in [-0.25, -0.2) is 0 Å². The second kappa shape index (κ2) is 6.81. The van der Waals surface area contributed by atoms with Crippen LogP contribution in [0.4, 0.5) is 0 Å². The van der Waals surface area contributed by atoms with Crippen LogP contribution in [0.5, 0.6) is 0 Å². The molecule has 1 aromatic heterocycles. The predicted molar refractivity (Wildman–Crippen MR) is 96.7 cm³/mol. The van der Waals surface area contributed by atoms with Crippen LogP contribution in [0.2, 0.25) is 0 Å². The van der Waals surface area contributed by atoms with E-state index in [9.17, 15) is 9.90 Å². The van der Waals surface area contributed by atoms with Gasteiger partial charge in [0.15, 0.2) is 0 Å². The van der Waals surface area contributed by atoms with Crippen molar-refractivity contribution in [2.24, 2.45) is 0 Å². The molecule has 0 saturated carbocycles. The molecule has 3 heterocycles. The van der Waals surface area contributed by atoms with Crippen molar-refractivity contribution in [2.45, 2.75) is 44.8 Å². The summed E-state index contributed by atoms with van der Waals surface area (Å²) >= 11 is 0. The van der Waals surface area contributed by atoms with Crippen LogP contribution in [0, 0.1) is 6.92 Å². The number of hydrogen-bond acceptors (Lipinski definition) is 4. The van der Waals surface area contributed by atoms with E-state index < -0.39 is 0 Å². The number of piperidine rings is 2. The Hall–Kier alpha value is -1.85. The molecule has 1 atom stereocenters. The molecule has 5 nitrogen and oxygen atoms in total. The van der Waals surface area contributed by atoms with Gasteiger partial charge in [0.2, 0.25) is 0 Å². The summed E-state index contributed by atoms with van der Waals surface area (Å²) < 4.78 is 5.76. The number of para-hydroxylation sites is 1. The summed E-state index contributed by atoms with van der Waals surface area (Å²) in [5.74, 6) is 0.898. The fourth-order valence-corrected chi connectivity index (χ4v) is 4.28. The lowest BCUT2D eigenvalue weighted by molar-refractivity contribution is 0.0241. The molecule has 2 saturated heterocycles. The third-order valence-electron chi connectivity index (χ3n) is 5.59. The lowest BCUT2D eigenvalue weighted by Gasteiger charge is -2.41. The summed E-state index contributed by atoms with van der Waals surface area (Å²) in [6.45, 7) is 5.30. The molecule has 1 amide bonds. The highest BCUT2D eigenvalue weighted by Crippen LogP contribution is 2.26. The minimum Gasteiger partial charge on any atom is -0.461 e. The molecular formula is C20H26N2O3. The van der Waals surface area contributed by atoms with Crippen LogP contribution in [0.1, 0.15) is 41.8 Å². The summed E-state index contributed by atoms with van der Waals surface area (Å²) in [4.78, 5) is 17.3. The molecule has 2 aromatic rings. The molecule has 2 fully saturated rings. The maximum absolute atomic E-state index is 13.0. The average Bonchev–Trinajstić information content (AvgIpc) is 3.01. The first-order valence-corrected chi connectivity index (χ1v) is 9.32. The molecule has 2 aliphatic heterocycles. The molecule has 5 heteroatoms. The predicted octanol–water partition coefficient (Wildman–Crippen LogP) is 2.80. The van der Waals surface area contributed by atoms with Gasteiger partial charge in [-0.05, 0) is 51.3 Å². The van der Waals surface area contributed by atoms with Gasteiger partial charge >= 0.3 is 0 Å². The molecule has 25 heavy (non-hydrogen) atoms. The van der Waals surface area contributed by atoms with Crippen molar-refractivity contribution in [3.8, 4) is 0 Å². The number of furan rings is 1. The van der Waals surface area contributed by atoms with E-state index in [0.717, 1.165) is 63.0 Å². The van der Waals surface area contributed by atoms with E-state index in [1.165, 1.54) is 0 Å². The van der Waals surface area contributed by atoms with Gasteiger partial charge in [0, 0.05) is 31.1 Å². The lowest BCUT2D eigenvalue weighted by atomic mass is 9.98. The Morgan fingerprint density at radius 2 is 2.00 bits per heavy atom. The normalized spacial score (nSPS) is 23.3. The van der Waals surface area contributed by atoms with Crippen LogP contribution in [-0.4, -0.2) is 59.1 Å². The minimum absolute atomic E-state index is 0.0667. The molecule has 0 aliphatic carbocycles. The molecule has 1 aromatic carbocycles. The Kier molecular flexibility index (Phi) is 4.52. The van der Waals surface area contributed by atoms with Crippen LogP contribution in [-0.2, 0) is 0 Å². The van der Waals surface area contributed by atoms with Crippen molar-refractivity contribution >= 4 is 16.9 Å². The number of likely N-dealkylation sites (tertiary alicyclic amines) is 2. The Balaban J connectivity index is 1.44. The molecule has 4 rings (SSSR count). The monoisotopic (exact) mass is 342 g/mol. The van der Waals surface area contributed by atoms with Crippen LogP contribution < -0.4 is 0 Å². The second-order valence-corrected chi connectivity index (χ2v) is 7.40. The summed E-state index contributed by atoms with van der Waals surface area (Å²) in [6.07, 6.45) is 3.76. The molecule has 134 valence electrons. The van der Waals surface area contributed by atoms with Crippen LogP contribution in [0.3, 0.4) is 0 Å². The third kappa shape index (κ3) is 3.31. The number of β-amino-alcohol motifs (C(OH)–C–C–N with tert-alkyl or cyclic N) is 1. The second-order valence-electron chi connectivity index (χ2n) is 7.40. The Labute approximate surface area is 148 Å². The van der Waals surface area contributed by atoms with Gasteiger partial charge in [0.25, 0.3) is 5.91 Å². The minimum atomic E-state index is -0.187. The zero-order valence-corrected chi connectivity index (χ0v) is 14.8. The highest BCUT2D eigenvalue weighted by Gasteiger charge is 2.30. The zero-order valence-electron chi connectivity index (χ0n) is 14.8. The fourth-order valence-electron chi connectivity index (χ4n) is 4.28. The van der Waals surface area contributed by atoms with Crippen molar-refractivity contribution in [2.75, 3.05) is 26.2 Å². The van der Waals surface area contributed by atoms with Gasteiger partial charge in [0.1, 0.15) is 11.3 Å². The highest BCUT2D eigenvalue weighted by atomic mass is 16.3. The molecule has 1 unspecified atom stereocenters. The molecule has 0 spiro atoms. The summed E-state index contributed by atoms with van der Waals surface area (Å²) in [5, 5.41) is 10.9. The SMILES string of the molecule is Cc1cc2cccc(C(=O)N3CCC(N4CCCC(O)C4)CC3)c2o1. The van der Waals surface area contributed by atoms with E-state index in [-0.39, 0.29) is 12.0 Å². The van der Waals surface area contributed by atoms with Gasteiger partial charge in [0.05, 0.1) is 11.7 Å². The maximum atomic E-state index is 13.0. The first-order valence-electron chi connectivity index (χ1n) is 9.32. The first kappa shape index (κ1) is 16.6. The van der Waals surface area contributed by atoms with E-state index in [2.05, 4.69) is 4.90 Å². The van der Waals surface area contributed by atoms with E-state index in [4.69, 9.17) is 4.42 Å². The molecule has 0 radical (unpaired) electrons. The van der Waals surface area contributed by atoms with E-state index in [1.54, 1.807) is 0 Å². The van der Waals surface area contributed by atoms with Crippen LogP contribution in [0.15, 0.2) is 28.7 Å². The van der Waals surface area contributed by atoms with E-state index >= 15 is 0 Å². The first-order chi connectivity index (χ1) is 12.1. The topological polar surface area (TPSA) is 56.9 Å². The summed E-state index contributed by atoms with van der Waals surface area (Å²) in [6, 6.07) is 8.23. The zero-order chi connectivity index (χ0) is 17.4. The number of benzene rings is 1. The number of hydrogen-bond donors (Lipinski definition) is 1. The number of carbonyl (C=O) groups excluding carboxylic acids is 1. The van der Waals surface area contributed by atoms with Gasteiger partial charge in [-0.3, -0.25) is 9.69 Å². The molecule has 1 N–H and O–H groups in total. The highest BCUT2D eigenvalue weighted by molar-refractivity contribution is 6.05. The number of aliphatic hydroxyl groups excluding tert-OH is 1. The lowest BCUT2D eigenvalue weighted by Crippen LogP contribution is -2.50. The largest absolute Gasteiger partial charge is 0.461 e. The van der Waals surface area contributed by atoms with Crippen molar-refractivity contribution in [3.63, 3.8) is 0 Å². The number of aryl methyl sites for hydroxylation is 1. The number of fused-ring (bicyclic) bond motifs is 1. The quantitative estimate of drug-likeness (QED) is 0.912. The molecular weight excluding hydrogens is 316 g/mol. The standard InChI is InChI=1S/C20H26N2O3/c1-14-12-15-4-2-6-18(19(15)25-14)20(24)21-10-7-16(8-11-21)22-9-3-5-17(23)13-22/h2,4,6,12,16-17,23H,3,5,7-11,13H2,1H3. The smallest absolute Gasteiger partial charge is 0.257 e. The number of carbonyl (C=O) groups is 1. The van der Waals surface area contributed by atoms with Gasteiger partial charge in [-0.15, -0.1) is 0 Å². The van der Waals surface area contributed by atoms with Crippen molar-refractivity contribution in [1.29, 1.82) is 0 Å².